The Bertz CT molecular complexity index is 1020. The van der Waals surface area contributed by atoms with Gasteiger partial charge in [0.05, 0.1) is 11.8 Å². The van der Waals surface area contributed by atoms with Crippen LogP contribution in [0.25, 0.3) is 0 Å². The Morgan fingerprint density at radius 3 is 2.13 bits per heavy atom. The predicted molar refractivity (Wildman–Crippen MR) is 113 cm³/mol. The monoisotopic (exact) mass is 403 g/mol. The lowest BCUT2D eigenvalue weighted by Crippen LogP contribution is -2.48. The van der Waals surface area contributed by atoms with Crippen molar-refractivity contribution in [3.05, 3.63) is 65.7 Å². The zero-order valence-corrected chi connectivity index (χ0v) is 17.0. The Morgan fingerprint density at radius 1 is 0.933 bits per heavy atom. The van der Waals surface area contributed by atoms with Crippen molar-refractivity contribution in [1.82, 2.24) is 0 Å². The fraction of sp³-hybridized carbons (Fsp3) is 0.360. The van der Waals surface area contributed by atoms with Crippen LogP contribution < -0.4 is 10.1 Å². The van der Waals surface area contributed by atoms with Crippen LogP contribution in [-0.2, 0) is 9.59 Å². The van der Waals surface area contributed by atoms with E-state index in [9.17, 15) is 14.7 Å². The highest BCUT2D eigenvalue weighted by Gasteiger charge is 2.62. The summed E-state index contributed by atoms with van der Waals surface area (Å²) in [4.78, 5) is 25.0. The number of aliphatic carboxylic acids is 1. The second-order valence-electron chi connectivity index (χ2n) is 8.83. The molecule has 2 aromatic carbocycles. The number of benzene rings is 2. The van der Waals surface area contributed by atoms with Gasteiger partial charge in [0.1, 0.15) is 11.5 Å². The maximum Gasteiger partial charge on any atom is 0.307 e. The van der Waals surface area contributed by atoms with E-state index >= 15 is 0 Å². The maximum atomic E-state index is 13.1. The minimum Gasteiger partial charge on any atom is -0.481 e. The average Bonchev–Trinajstić information content (AvgIpc) is 3.54. The van der Waals surface area contributed by atoms with Crippen molar-refractivity contribution in [2.75, 3.05) is 5.32 Å². The molecule has 2 fully saturated rings. The molecule has 1 amide bonds. The van der Waals surface area contributed by atoms with Crippen LogP contribution in [0.2, 0.25) is 0 Å². The van der Waals surface area contributed by atoms with E-state index < -0.39 is 17.8 Å². The Labute approximate surface area is 175 Å². The molecule has 154 valence electrons. The van der Waals surface area contributed by atoms with Crippen molar-refractivity contribution >= 4 is 17.6 Å². The Morgan fingerprint density at radius 2 is 1.53 bits per heavy atom. The van der Waals surface area contributed by atoms with Crippen LogP contribution >= 0.6 is 0 Å². The van der Waals surface area contributed by atoms with Gasteiger partial charge in [-0.25, -0.2) is 0 Å². The number of ether oxygens (including phenoxy) is 1. The summed E-state index contributed by atoms with van der Waals surface area (Å²) in [5.74, 6) is 0.270. The number of anilines is 1. The minimum atomic E-state index is -0.864. The smallest absolute Gasteiger partial charge is 0.307 e. The molecule has 0 spiro atoms. The first-order valence-electron chi connectivity index (χ1n) is 10.5. The number of nitrogens with one attached hydrogen (secondary N) is 1. The molecule has 5 nitrogen and oxygen atoms in total. The molecule has 0 saturated heterocycles. The largest absolute Gasteiger partial charge is 0.481 e. The van der Waals surface area contributed by atoms with Gasteiger partial charge in [0.15, 0.2) is 0 Å². The lowest BCUT2D eigenvalue weighted by molar-refractivity contribution is -0.152. The van der Waals surface area contributed by atoms with E-state index in [0.717, 1.165) is 23.3 Å². The highest BCUT2D eigenvalue weighted by Crippen LogP contribution is 2.63. The van der Waals surface area contributed by atoms with Crippen molar-refractivity contribution in [2.24, 2.45) is 35.5 Å². The molecule has 0 aliphatic heterocycles. The summed E-state index contributed by atoms with van der Waals surface area (Å²) in [6.45, 7) is 4.01. The maximum absolute atomic E-state index is 13.1. The minimum absolute atomic E-state index is 0.0126. The SMILES string of the molecule is Cc1cccc(C)c1Oc1ccc(NC(=O)[C@@H]2[C@H]3C=C[C@H]([C@H]4C[C@H]34)[C@@H]2C(=O)O)cc1. The van der Waals surface area contributed by atoms with E-state index in [1.807, 2.05) is 50.3 Å². The van der Waals surface area contributed by atoms with E-state index in [-0.39, 0.29) is 17.7 Å². The van der Waals surface area contributed by atoms with Crippen LogP contribution in [0, 0.1) is 49.4 Å². The Kier molecular flexibility index (Phi) is 4.42. The highest BCUT2D eigenvalue weighted by atomic mass is 16.5. The van der Waals surface area contributed by atoms with Gasteiger partial charge in [-0.2, -0.15) is 0 Å². The van der Waals surface area contributed by atoms with Gasteiger partial charge in [0.2, 0.25) is 5.91 Å². The number of allylic oxidation sites excluding steroid dienone is 2. The molecule has 0 aromatic heterocycles. The summed E-state index contributed by atoms with van der Waals surface area (Å²) in [6, 6.07) is 13.2. The molecular weight excluding hydrogens is 378 g/mol. The molecule has 5 heteroatoms. The number of amides is 1. The van der Waals surface area contributed by atoms with Crippen LogP contribution in [0.5, 0.6) is 11.5 Å². The zero-order valence-electron chi connectivity index (χ0n) is 17.0. The van der Waals surface area contributed by atoms with Crippen LogP contribution in [0.1, 0.15) is 17.5 Å². The molecule has 6 atom stereocenters. The summed E-state index contributed by atoms with van der Waals surface area (Å²) in [5.41, 5.74) is 2.77. The first-order chi connectivity index (χ1) is 14.4. The Hall–Kier alpha value is -3.08. The van der Waals surface area contributed by atoms with Crippen LogP contribution in [-0.4, -0.2) is 17.0 Å². The lowest BCUT2D eigenvalue weighted by atomic mass is 9.62. The first-order valence-corrected chi connectivity index (χ1v) is 10.5. The van der Waals surface area contributed by atoms with Crippen molar-refractivity contribution in [1.29, 1.82) is 0 Å². The number of carbonyl (C=O) groups is 2. The number of aryl methyl sites for hydroxylation is 2. The van der Waals surface area contributed by atoms with Gasteiger partial charge in [0.25, 0.3) is 0 Å². The topological polar surface area (TPSA) is 75.6 Å². The van der Waals surface area contributed by atoms with Crippen molar-refractivity contribution in [3.8, 4) is 11.5 Å². The molecule has 2 N–H and O–H groups in total. The van der Waals surface area contributed by atoms with E-state index in [1.165, 1.54) is 0 Å². The fourth-order valence-electron chi connectivity index (χ4n) is 5.48. The summed E-state index contributed by atoms with van der Waals surface area (Å²) < 4.78 is 6.03. The van der Waals surface area contributed by atoms with Gasteiger partial charge < -0.3 is 15.2 Å². The number of carboxylic acids is 1. The Balaban J connectivity index is 1.31. The molecule has 4 aliphatic carbocycles. The number of fused-ring (bicyclic) bond motifs is 1. The molecule has 30 heavy (non-hydrogen) atoms. The number of carbonyl (C=O) groups excluding carboxylic acids is 1. The normalized spacial score (nSPS) is 30.5. The summed E-state index contributed by atoms with van der Waals surface area (Å²) in [7, 11) is 0. The fourth-order valence-corrected chi connectivity index (χ4v) is 5.48. The van der Waals surface area contributed by atoms with Crippen LogP contribution in [0.3, 0.4) is 0 Å². The number of carboxylic acid groups (broad SMARTS) is 1. The summed E-state index contributed by atoms with van der Waals surface area (Å²) in [5, 5.41) is 12.7. The van der Waals surface area contributed by atoms with Gasteiger partial charge in [-0.1, -0.05) is 30.4 Å². The third-order valence-electron chi connectivity index (χ3n) is 6.99. The van der Waals surface area contributed by atoms with Crippen LogP contribution in [0.15, 0.2) is 54.6 Å². The van der Waals surface area contributed by atoms with Crippen molar-refractivity contribution < 1.29 is 19.4 Å². The van der Waals surface area contributed by atoms with Gasteiger partial charge in [-0.15, -0.1) is 0 Å². The molecule has 0 radical (unpaired) electrons. The summed E-state index contributed by atoms with van der Waals surface area (Å²) >= 11 is 0. The number of hydrogen-bond donors (Lipinski definition) is 2. The molecule has 4 aliphatic rings. The number of para-hydroxylation sites is 1. The second kappa shape index (κ2) is 7.01. The molecular formula is C25H25NO4. The van der Waals surface area contributed by atoms with Gasteiger partial charge in [-0.05, 0) is 79.3 Å². The number of hydrogen-bond acceptors (Lipinski definition) is 3. The van der Waals surface area contributed by atoms with E-state index in [2.05, 4.69) is 11.4 Å². The second-order valence-corrected chi connectivity index (χ2v) is 8.83. The van der Waals surface area contributed by atoms with Crippen molar-refractivity contribution in [2.45, 2.75) is 20.3 Å². The first kappa shape index (κ1) is 18.9. The van der Waals surface area contributed by atoms with Gasteiger partial charge in [0, 0.05) is 5.69 Å². The molecule has 0 unspecified atom stereocenters. The van der Waals surface area contributed by atoms with Crippen LogP contribution in [0.4, 0.5) is 5.69 Å². The molecule has 2 aromatic rings. The predicted octanol–water partition coefficient (Wildman–Crippen LogP) is 4.80. The van der Waals surface area contributed by atoms with Gasteiger partial charge >= 0.3 is 5.97 Å². The third kappa shape index (κ3) is 3.09. The zero-order chi connectivity index (χ0) is 21.0. The summed E-state index contributed by atoms with van der Waals surface area (Å²) in [6.07, 6.45) is 5.14. The average molecular weight is 403 g/mol. The lowest BCUT2D eigenvalue weighted by Gasteiger charge is -2.41. The molecule has 2 saturated carbocycles. The van der Waals surface area contributed by atoms with Crippen molar-refractivity contribution in [3.63, 3.8) is 0 Å². The van der Waals surface area contributed by atoms with E-state index in [0.29, 0.717) is 23.3 Å². The highest BCUT2D eigenvalue weighted by molar-refractivity contribution is 5.96. The standard InChI is InChI=1S/C25H25NO4/c1-13-4-3-5-14(2)23(13)30-16-8-6-15(7-9-16)26-24(27)21-17-10-11-18(20-12-19(17)20)22(21)25(28)29/h3-11,17-22H,12H2,1-2H3,(H,26,27)(H,28,29)/t17-,18+,19+,20+,21+,22-/m0/s1. The molecule has 6 rings (SSSR count). The number of rotatable bonds is 5. The van der Waals surface area contributed by atoms with Gasteiger partial charge in [-0.3, -0.25) is 9.59 Å². The van der Waals surface area contributed by atoms with E-state index in [1.54, 1.807) is 12.1 Å². The third-order valence-corrected chi connectivity index (χ3v) is 6.99. The quantitative estimate of drug-likeness (QED) is 0.703. The molecule has 2 bridgehead atoms. The van der Waals surface area contributed by atoms with E-state index in [4.69, 9.17) is 4.74 Å². The molecule has 0 heterocycles.